The highest BCUT2D eigenvalue weighted by atomic mass is 79.9. The molecule has 0 fully saturated rings. The standard InChI is InChI=1S/C9H5BrN2S/c1-2-7-8(11)6-3-5(10)4-12-9(6)13-7/h1,3-4H,11H2. The van der Waals surface area contributed by atoms with Gasteiger partial charge in [-0.2, -0.15) is 0 Å². The van der Waals surface area contributed by atoms with E-state index in [1.165, 1.54) is 11.3 Å². The molecule has 2 rings (SSSR count). The van der Waals surface area contributed by atoms with Crippen molar-refractivity contribution >= 4 is 43.2 Å². The average molecular weight is 253 g/mol. The maximum atomic E-state index is 5.83. The van der Waals surface area contributed by atoms with E-state index < -0.39 is 0 Å². The van der Waals surface area contributed by atoms with Crippen molar-refractivity contribution in [3.8, 4) is 12.3 Å². The Kier molecular flexibility index (Phi) is 1.98. The Morgan fingerprint density at radius 3 is 3.08 bits per heavy atom. The van der Waals surface area contributed by atoms with Gasteiger partial charge < -0.3 is 5.73 Å². The quantitative estimate of drug-likeness (QED) is 0.733. The Morgan fingerprint density at radius 1 is 1.62 bits per heavy atom. The van der Waals surface area contributed by atoms with E-state index in [4.69, 9.17) is 12.2 Å². The molecule has 0 spiro atoms. The molecule has 0 unspecified atom stereocenters. The Labute approximate surface area is 87.9 Å². The Hall–Kier alpha value is -1.05. The first-order chi connectivity index (χ1) is 6.22. The maximum absolute atomic E-state index is 5.83. The molecule has 0 amide bonds. The van der Waals surface area contributed by atoms with E-state index in [9.17, 15) is 0 Å². The summed E-state index contributed by atoms with van der Waals surface area (Å²) in [6, 6.07) is 1.93. The number of terminal acetylenes is 1. The van der Waals surface area contributed by atoms with Crippen LogP contribution in [0.4, 0.5) is 5.69 Å². The monoisotopic (exact) mass is 252 g/mol. The second kappa shape index (κ2) is 3.02. The molecule has 64 valence electrons. The topological polar surface area (TPSA) is 38.9 Å². The Balaban J connectivity index is 2.87. The first kappa shape index (κ1) is 8.54. The van der Waals surface area contributed by atoms with Gasteiger partial charge in [0.15, 0.2) is 0 Å². The molecule has 2 nitrogen and oxygen atoms in total. The zero-order chi connectivity index (χ0) is 9.42. The number of nitrogens with two attached hydrogens (primary N) is 1. The molecule has 0 bridgehead atoms. The largest absolute Gasteiger partial charge is 0.396 e. The summed E-state index contributed by atoms with van der Waals surface area (Å²) in [6.07, 6.45) is 7.03. The first-order valence-electron chi connectivity index (χ1n) is 3.52. The summed E-state index contributed by atoms with van der Waals surface area (Å²) in [4.78, 5) is 5.84. The lowest BCUT2D eigenvalue weighted by atomic mass is 10.3. The van der Waals surface area contributed by atoms with Crippen LogP contribution in [0.15, 0.2) is 16.7 Å². The van der Waals surface area contributed by atoms with Crippen LogP contribution in [0.1, 0.15) is 4.88 Å². The van der Waals surface area contributed by atoms with Gasteiger partial charge in [0.05, 0.1) is 5.69 Å². The van der Waals surface area contributed by atoms with Gasteiger partial charge in [0.2, 0.25) is 0 Å². The molecular formula is C9H5BrN2S. The van der Waals surface area contributed by atoms with Crippen LogP contribution >= 0.6 is 27.3 Å². The highest BCUT2D eigenvalue weighted by molar-refractivity contribution is 9.10. The summed E-state index contributed by atoms with van der Waals surface area (Å²) in [5.74, 6) is 2.54. The van der Waals surface area contributed by atoms with Crippen molar-refractivity contribution in [1.29, 1.82) is 0 Å². The molecule has 2 aromatic rings. The molecule has 0 radical (unpaired) electrons. The Bertz CT molecular complexity index is 510. The van der Waals surface area contributed by atoms with Gasteiger partial charge >= 0.3 is 0 Å². The molecule has 0 aliphatic carbocycles. The molecule has 2 aromatic heterocycles. The summed E-state index contributed by atoms with van der Waals surface area (Å²) < 4.78 is 0.910. The minimum absolute atomic E-state index is 0.649. The van der Waals surface area contributed by atoms with Gasteiger partial charge in [0.1, 0.15) is 9.71 Å². The van der Waals surface area contributed by atoms with Crippen molar-refractivity contribution in [3.63, 3.8) is 0 Å². The van der Waals surface area contributed by atoms with Crippen LogP contribution in [0.3, 0.4) is 0 Å². The molecule has 2 N–H and O–H groups in total. The molecule has 0 aliphatic heterocycles. The second-order valence-corrected chi connectivity index (χ2v) is 4.41. The van der Waals surface area contributed by atoms with Gasteiger partial charge in [-0.05, 0) is 22.0 Å². The molecule has 0 aliphatic rings. The fourth-order valence-corrected chi connectivity index (χ4v) is 2.27. The van der Waals surface area contributed by atoms with Crippen LogP contribution in [0, 0.1) is 12.3 Å². The van der Waals surface area contributed by atoms with Crippen LogP contribution in [-0.2, 0) is 0 Å². The fourth-order valence-electron chi connectivity index (χ4n) is 1.08. The third kappa shape index (κ3) is 1.30. The van der Waals surface area contributed by atoms with Crippen LogP contribution in [0.2, 0.25) is 0 Å². The predicted octanol–water partition coefficient (Wildman–Crippen LogP) is 2.62. The number of halogens is 1. The molecular weight excluding hydrogens is 248 g/mol. The van der Waals surface area contributed by atoms with E-state index in [0.717, 1.165) is 19.6 Å². The zero-order valence-corrected chi connectivity index (χ0v) is 8.95. The van der Waals surface area contributed by atoms with E-state index in [2.05, 4.69) is 26.8 Å². The first-order valence-corrected chi connectivity index (χ1v) is 5.13. The third-order valence-electron chi connectivity index (χ3n) is 1.68. The number of thiophene rings is 1. The third-order valence-corrected chi connectivity index (χ3v) is 3.18. The van der Waals surface area contributed by atoms with Gasteiger partial charge in [0.25, 0.3) is 0 Å². The number of fused-ring (bicyclic) bond motifs is 1. The normalized spacial score (nSPS) is 10.2. The highest BCUT2D eigenvalue weighted by Crippen LogP contribution is 2.32. The van der Waals surface area contributed by atoms with Gasteiger partial charge in [-0.25, -0.2) is 4.98 Å². The summed E-state index contributed by atoms with van der Waals surface area (Å²) in [6.45, 7) is 0. The summed E-state index contributed by atoms with van der Waals surface area (Å²) in [5.41, 5.74) is 6.47. The van der Waals surface area contributed by atoms with Crippen LogP contribution in [0.25, 0.3) is 10.2 Å². The molecule has 0 saturated heterocycles. The van der Waals surface area contributed by atoms with Crippen molar-refractivity contribution in [3.05, 3.63) is 21.6 Å². The molecule has 0 aromatic carbocycles. The SMILES string of the molecule is C#Cc1sc2ncc(Br)cc2c1N. The highest BCUT2D eigenvalue weighted by Gasteiger charge is 2.08. The number of pyridine rings is 1. The summed E-state index contributed by atoms with van der Waals surface area (Å²) in [5, 5.41) is 0.923. The van der Waals surface area contributed by atoms with Crippen molar-refractivity contribution in [2.75, 3.05) is 5.73 Å². The van der Waals surface area contributed by atoms with Crippen molar-refractivity contribution in [2.24, 2.45) is 0 Å². The number of hydrogen-bond acceptors (Lipinski definition) is 3. The molecule has 2 heterocycles. The van der Waals surface area contributed by atoms with E-state index in [1.54, 1.807) is 6.20 Å². The second-order valence-electron chi connectivity index (χ2n) is 2.50. The number of hydrogen-bond donors (Lipinski definition) is 1. The van der Waals surface area contributed by atoms with Gasteiger partial charge in [0, 0.05) is 16.1 Å². The molecule has 0 saturated carbocycles. The lowest BCUT2D eigenvalue weighted by Gasteiger charge is -1.91. The number of nitrogens with zero attached hydrogens (tertiary/aromatic N) is 1. The summed E-state index contributed by atoms with van der Waals surface area (Å²) >= 11 is 4.77. The van der Waals surface area contributed by atoms with E-state index >= 15 is 0 Å². The van der Waals surface area contributed by atoms with Crippen molar-refractivity contribution < 1.29 is 0 Å². The fraction of sp³-hybridized carbons (Fsp3) is 0. The molecule has 13 heavy (non-hydrogen) atoms. The number of aromatic nitrogens is 1. The Morgan fingerprint density at radius 2 is 2.38 bits per heavy atom. The molecule has 4 heteroatoms. The van der Waals surface area contributed by atoms with Crippen LogP contribution in [0.5, 0.6) is 0 Å². The van der Waals surface area contributed by atoms with Crippen molar-refractivity contribution in [2.45, 2.75) is 0 Å². The predicted molar refractivity (Wildman–Crippen MR) is 59.7 cm³/mol. The van der Waals surface area contributed by atoms with Crippen LogP contribution in [-0.4, -0.2) is 4.98 Å². The lowest BCUT2D eigenvalue weighted by Crippen LogP contribution is -1.84. The van der Waals surface area contributed by atoms with Crippen LogP contribution < -0.4 is 5.73 Å². The van der Waals surface area contributed by atoms with E-state index in [1.807, 2.05) is 6.07 Å². The average Bonchev–Trinajstić information content (AvgIpc) is 2.44. The number of anilines is 1. The van der Waals surface area contributed by atoms with Crippen molar-refractivity contribution in [1.82, 2.24) is 4.98 Å². The van der Waals surface area contributed by atoms with Gasteiger partial charge in [-0.3, -0.25) is 0 Å². The smallest absolute Gasteiger partial charge is 0.126 e. The van der Waals surface area contributed by atoms with Gasteiger partial charge in [-0.15, -0.1) is 17.8 Å². The lowest BCUT2D eigenvalue weighted by molar-refractivity contribution is 1.42. The van der Waals surface area contributed by atoms with Gasteiger partial charge in [-0.1, -0.05) is 5.92 Å². The number of rotatable bonds is 0. The molecule has 0 atom stereocenters. The van der Waals surface area contributed by atoms with E-state index in [0.29, 0.717) is 5.69 Å². The van der Waals surface area contributed by atoms with E-state index in [-0.39, 0.29) is 0 Å². The summed E-state index contributed by atoms with van der Waals surface area (Å²) in [7, 11) is 0. The minimum Gasteiger partial charge on any atom is -0.396 e. The zero-order valence-electron chi connectivity index (χ0n) is 6.54. The number of nitrogen functional groups attached to an aromatic ring is 1. The maximum Gasteiger partial charge on any atom is 0.126 e. The minimum atomic E-state index is 0.649.